The first-order valence-electron chi connectivity index (χ1n) is 10.9. The lowest BCUT2D eigenvalue weighted by Gasteiger charge is -2.28. The molecule has 0 aromatic carbocycles. The van der Waals surface area contributed by atoms with E-state index in [0.29, 0.717) is 19.7 Å². The smallest absolute Gasteiger partial charge is 0.190 e. The van der Waals surface area contributed by atoms with Crippen molar-refractivity contribution in [3.63, 3.8) is 0 Å². The third-order valence-corrected chi connectivity index (χ3v) is 5.35. The largest absolute Gasteiger partial charge is 0.389 e. The van der Waals surface area contributed by atoms with Crippen molar-refractivity contribution < 1.29 is 24.1 Å². The summed E-state index contributed by atoms with van der Waals surface area (Å²) in [6.45, 7) is 7.54. The average molecular weight is 409 g/mol. The van der Waals surface area contributed by atoms with Crippen molar-refractivity contribution in [2.75, 3.05) is 13.2 Å². The van der Waals surface area contributed by atoms with E-state index in [2.05, 4.69) is 17.2 Å². The van der Waals surface area contributed by atoms with Gasteiger partial charge in [0.15, 0.2) is 12.1 Å². The number of aliphatic hydroxyl groups is 1. The maximum absolute atomic E-state index is 10.8. The molecule has 2 N–H and O–H groups in total. The number of nitrogens with one attached hydrogen (secondary N) is 1. The van der Waals surface area contributed by atoms with Crippen molar-refractivity contribution >= 4 is 0 Å². The van der Waals surface area contributed by atoms with Gasteiger partial charge in [-0.3, -0.25) is 4.98 Å². The summed E-state index contributed by atoms with van der Waals surface area (Å²) >= 11 is 0. The fraction of sp³-hybridized carbons (Fsp3) is 0.773. The number of ether oxygens (including phenoxy) is 4. The predicted octanol–water partition coefficient (Wildman–Crippen LogP) is 2.76. The van der Waals surface area contributed by atoms with Gasteiger partial charge in [-0.15, -0.1) is 0 Å². The minimum absolute atomic E-state index is 0.323. The molecular weight excluding hydrogens is 372 g/mol. The van der Waals surface area contributed by atoms with Gasteiger partial charge in [0.25, 0.3) is 0 Å². The summed E-state index contributed by atoms with van der Waals surface area (Å²) in [6.07, 6.45) is 5.21. The van der Waals surface area contributed by atoms with Gasteiger partial charge >= 0.3 is 0 Å². The van der Waals surface area contributed by atoms with Crippen LogP contribution in [0, 0.1) is 0 Å². The highest BCUT2D eigenvalue weighted by molar-refractivity contribution is 5.03. The lowest BCUT2D eigenvalue weighted by atomic mass is 10.1. The summed E-state index contributed by atoms with van der Waals surface area (Å²) in [4.78, 5) is 4.28. The van der Waals surface area contributed by atoms with Crippen LogP contribution in [0.15, 0.2) is 24.4 Å². The molecule has 7 heteroatoms. The van der Waals surface area contributed by atoms with Gasteiger partial charge in [-0.1, -0.05) is 38.7 Å². The molecule has 2 fully saturated rings. The predicted molar refractivity (Wildman–Crippen MR) is 109 cm³/mol. The fourth-order valence-corrected chi connectivity index (χ4v) is 3.90. The molecule has 0 amide bonds. The molecule has 1 aromatic heterocycles. The minimum Gasteiger partial charge on any atom is -0.389 e. The Morgan fingerprint density at radius 2 is 2.03 bits per heavy atom. The Labute approximate surface area is 174 Å². The van der Waals surface area contributed by atoms with Gasteiger partial charge in [-0.2, -0.15) is 0 Å². The van der Waals surface area contributed by atoms with E-state index in [1.54, 1.807) is 6.20 Å². The topological polar surface area (TPSA) is 82.1 Å². The number of hydrogen-bond donors (Lipinski definition) is 2. The number of aliphatic hydroxyl groups excluding tert-OH is 1. The summed E-state index contributed by atoms with van der Waals surface area (Å²) in [5.74, 6) is -0.703. The molecule has 0 saturated carbocycles. The molecule has 0 spiro atoms. The Hall–Kier alpha value is -1.09. The molecule has 0 aliphatic carbocycles. The number of nitrogens with zero attached hydrogens (tertiary/aromatic N) is 1. The van der Waals surface area contributed by atoms with Gasteiger partial charge in [0.2, 0.25) is 0 Å². The first-order valence-corrected chi connectivity index (χ1v) is 10.9. The van der Waals surface area contributed by atoms with Crippen LogP contribution in [0.4, 0.5) is 0 Å². The molecule has 7 nitrogen and oxygen atoms in total. The zero-order valence-electron chi connectivity index (χ0n) is 17.9. The first kappa shape index (κ1) is 22.6. The maximum Gasteiger partial charge on any atom is 0.190 e. The third-order valence-electron chi connectivity index (χ3n) is 5.35. The summed E-state index contributed by atoms with van der Waals surface area (Å²) < 4.78 is 24.0. The maximum atomic E-state index is 10.8. The average Bonchev–Trinajstić information content (AvgIpc) is 3.17. The monoisotopic (exact) mass is 408 g/mol. The summed E-state index contributed by atoms with van der Waals surface area (Å²) in [5.41, 5.74) is 0.928. The molecule has 164 valence electrons. The van der Waals surface area contributed by atoms with Crippen molar-refractivity contribution in [1.82, 2.24) is 10.3 Å². The van der Waals surface area contributed by atoms with E-state index in [-0.39, 0.29) is 12.2 Å². The second-order valence-electron chi connectivity index (χ2n) is 8.34. The summed E-state index contributed by atoms with van der Waals surface area (Å²) in [6, 6.07) is 5.78. The SMILES string of the molecule is CCCCCCCOC1C(C(O)CNCc2ccccn2)OC2OC(C)(C)OC21. The molecule has 3 heterocycles. The summed E-state index contributed by atoms with van der Waals surface area (Å²) in [7, 11) is 0. The van der Waals surface area contributed by atoms with Crippen LogP contribution in [0.25, 0.3) is 0 Å². The molecule has 29 heavy (non-hydrogen) atoms. The molecule has 5 unspecified atom stereocenters. The number of unbranched alkanes of at least 4 members (excludes halogenated alkanes) is 4. The van der Waals surface area contributed by atoms with Crippen LogP contribution in [0.2, 0.25) is 0 Å². The van der Waals surface area contributed by atoms with Gasteiger partial charge < -0.3 is 29.4 Å². The molecule has 2 saturated heterocycles. The molecule has 0 radical (unpaired) electrons. The van der Waals surface area contributed by atoms with Gasteiger partial charge in [-0.25, -0.2) is 0 Å². The fourth-order valence-electron chi connectivity index (χ4n) is 3.90. The number of hydrogen-bond acceptors (Lipinski definition) is 7. The van der Waals surface area contributed by atoms with Gasteiger partial charge in [0.05, 0.1) is 11.8 Å². The van der Waals surface area contributed by atoms with E-state index >= 15 is 0 Å². The van der Waals surface area contributed by atoms with E-state index in [1.165, 1.54) is 19.3 Å². The van der Waals surface area contributed by atoms with Crippen LogP contribution in [0.3, 0.4) is 0 Å². The highest BCUT2D eigenvalue weighted by atomic mass is 16.8. The zero-order valence-corrected chi connectivity index (χ0v) is 17.9. The van der Waals surface area contributed by atoms with Crippen LogP contribution in [-0.4, -0.2) is 59.7 Å². The molecule has 3 rings (SSSR count). The van der Waals surface area contributed by atoms with E-state index in [4.69, 9.17) is 18.9 Å². The van der Waals surface area contributed by atoms with Crippen LogP contribution in [-0.2, 0) is 25.5 Å². The number of fused-ring (bicyclic) bond motifs is 1. The van der Waals surface area contributed by atoms with E-state index in [9.17, 15) is 5.11 Å². The molecule has 5 atom stereocenters. The van der Waals surface area contributed by atoms with E-state index in [0.717, 1.165) is 18.5 Å². The van der Waals surface area contributed by atoms with Crippen molar-refractivity contribution in [2.45, 2.75) is 95.9 Å². The minimum atomic E-state index is -0.732. The van der Waals surface area contributed by atoms with Gasteiger partial charge in [0, 0.05) is 25.9 Å². The zero-order chi connectivity index (χ0) is 20.7. The first-order chi connectivity index (χ1) is 14.0. The lowest BCUT2D eigenvalue weighted by Crippen LogP contribution is -2.46. The van der Waals surface area contributed by atoms with Crippen LogP contribution in [0.1, 0.15) is 58.6 Å². The second kappa shape index (κ2) is 10.8. The summed E-state index contributed by atoms with van der Waals surface area (Å²) in [5, 5.41) is 14.0. The van der Waals surface area contributed by atoms with E-state index in [1.807, 2.05) is 32.0 Å². The van der Waals surface area contributed by atoms with Crippen molar-refractivity contribution in [2.24, 2.45) is 0 Å². The van der Waals surface area contributed by atoms with Gasteiger partial charge in [0.1, 0.15) is 18.3 Å². The quantitative estimate of drug-likeness (QED) is 0.515. The number of pyridine rings is 1. The second-order valence-corrected chi connectivity index (χ2v) is 8.34. The van der Waals surface area contributed by atoms with Crippen LogP contribution < -0.4 is 5.32 Å². The Bertz CT molecular complexity index is 600. The van der Waals surface area contributed by atoms with Crippen LogP contribution in [0.5, 0.6) is 0 Å². The van der Waals surface area contributed by atoms with Crippen LogP contribution >= 0.6 is 0 Å². The van der Waals surface area contributed by atoms with Crippen molar-refractivity contribution in [3.8, 4) is 0 Å². The molecule has 0 bridgehead atoms. The molecule has 2 aliphatic rings. The Balaban J connectivity index is 1.50. The van der Waals surface area contributed by atoms with Crippen molar-refractivity contribution in [1.29, 1.82) is 0 Å². The molecular formula is C22H36N2O5. The van der Waals surface area contributed by atoms with Crippen molar-refractivity contribution in [3.05, 3.63) is 30.1 Å². The lowest BCUT2D eigenvalue weighted by molar-refractivity contribution is -0.229. The normalized spacial score (nSPS) is 29.1. The van der Waals surface area contributed by atoms with E-state index < -0.39 is 24.3 Å². The standard InChI is InChI=1S/C22H36N2O5/c1-4-5-6-7-10-13-26-19-18(27-21-20(19)28-22(2,3)29-21)17(25)15-23-14-16-11-8-9-12-24-16/h8-9,11-12,17-21,23,25H,4-7,10,13-15H2,1-3H3. The number of rotatable bonds is 12. The Morgan fingerprint density at radius 1 is 1.21 bits per heavy atom. The Morgan fingerprint density at radius 3 is 2.79 bits per heavy atom. The molecule has 2 aliphatic heterocycles. The number of aromatic nitrogens is 1. The molecule has 1 aromatic rings. The highest BCUT2D eigenvalue weighted by Crippen LogP contribution is 2.39. The van der Waals surface area contributed by atoms with Gasteiger partial charge in [-0.05, 0) is 32.4 Å². The highest BCUT2D eigenvalue weighted by Gasteiger charge is 2.56. The third kappa shape index (κ3) is 6.44. The Kier molecular flexibility index (Phi) is 8.41.